The van der Waals surface area contributed by atoms with E-state index in [1.807, 2.05) is 51.1 Å². The molecular weight excluding hydrogens is 238 g/mol. The number of hydrogen-bond donors (Lipinski definition) is 1. The second-order valence-electron chi connectivity index (χ2n) is 4.88. The van der Waals surface area contributed by atoms with Gasteiger partial charge in [-0.3, -0.25) is 4.98 Å². The van der Waals surface area contributed by atoms with Crippen LogP contribution in [0.5, 0.6) is 5.75 Å². The van der Waals surface area contributed by atoms with Crippen molar-refractivity contribution in [1.29, 1.82) is 0 Å². The number of pyridine rings is 1. The maximum atomic E-state index is 10.4. The topological polar surface area (TPSA) is 42.4 Å². The smallest absolute Gasteiger partial charge is 0.138 e. The minimum atomic E-state index is -0.676. The SMILES string of the molecule is Cc1ccccc1C(O)c1cncc(OC(C)C)c1. The molecular formula is C16H19NO2. The number of aromatic nitrogens is 1. The van der Waals surface area contributed by atoms with Crippen molar-refractivity contribution in [3.05, 3.63) is 59.4 Å². The standard InChI is InChI=1S/C16H19NO2/c1-11(2)19-14-8-13(9-17-10-14)16(18)15-7-5-4-6-12(15)3/h4-11,16,18H,1-3H3. The molecule has 0 saturated heterocycles. The maximum Gasteiger partial charge on any atom is 0.138 e. The molecule has 0 amide bonds. The van der Waals surface area contributed by atoms with Gasteiger partial charge in [-0.1, -0.05) is 24.3 Å². The van der Waals surface area contributed by atoms with Gasteiger partial charge < -0.3 is 9.84 Å². The molecule has 1 heterocycles. The zero-order valence-corrected chi connectivity index (χ0v) is 11.5. The third kappa shape index (κ3) is 3.32. The summed E-state index contributed by atoms with van der Waals surface area (Å²) in [5, 5.41) is 10.4. The van der Waals surface area contributed by atoms with Gasteiger partial charge in [0.15, 0.2) is 0 Å². The van der Waals surface area contributed by atoms with Crippen molar-refractivity contribution >= 4 is 0 Å². The molecule has 0 bridgehead atoms. The lowest BCUT2D eigenvalue weighted by molar-refractivity contribution is 0.215. The highest BCUT2D eigenvalue weighted by Gasteiger charge is 2.13. The van der Waals surface area contributed by atoms with Gasteiger partial charge in [0, 0.05) is 11.8 Å². The van der Waals surface area contributed by atoms with Crippen LogP contribution in [-0.4, -0.2) is 16.2 Å². The lowest BCUT2D eigenvalue weighted by Crippen LogP contribution is -2.07. The third-order valence-corrected chi connectivity index (χ3v) is 2.90. The summed E-state index contributed by atoms with van der Waals surface area (Å²) in [5.74, 6) is 0.681. The summed E-state index contributed by atoms with van der Waals surface area (Å²) in [6, 6.07) is 9.64. The minimum Gasteiger partial charge on any atom is -0.489 e. The van der Waals surface area contributed by atoms with Crippen molar-refractivity contribution in [2.75, 3.05) is 0 Å². The summed E-state index contributed by atoms with van der Waals surface area (Å²) in [6.45, 7) is 5.91. The van der Waals surface area contributed by atoms with Crippen molar-refractivity contribution in [3.8, 4) is 5.75 Å². The minimum absolute atomic E-state index is 0.0904. The van der Waals surface area contributed by atoms with E-state index in [0.717, 1.165) is 16.7 Å². The molecule has 1 unspecified atom stereocenters. The molecule has 0 aliphatic heterocycles. The predicted molar refractivity (Wildman–Crippen MR) is 75.2 cm³/mol. The molecule has 2 aromatic rings. The van der Waals surface area contributed by atoms with Crippen molar-refractivity contribution < 1.29 is 9.84 Å². The summed E-state index contributed by atoms with van der Waals surface area (Å²) in [7, 11) is 0. The number of ether oxygens (including phenoxy) is 1. The fourth-order valence-electron chi connectivity index (χ4n) is 1.99. The predicted octanol–water partition coefficient (Wildman–Crippen LogP) is 3.26. The molecule has 1 aromatic heterocycles. The fraction of sp³-hybridized carbons (Fsp3) is 0.312. The van der Waals surface area contributed by atoms with Gasteiger partial charge in [-0.15, -0.1) is 0 Å². The Labute approximate surface area is 113 Å². The summed E-state index contributed by atoms with van der Waals surface area (Å²) in [6.07, 6.45) is 2.75. The largest absolute Gasteiger partial charge is 0.489 e. The average Bonchev–Trinajstić information content (AvgIpc) is 2.38. The zero-order chi connectivity index (χ0) is 13.8. The number of benzene rings is 1. The molecule has 3 heteroatoms. The van der Waals surface area contributed by atoms with E-state index in [2.05, 4.69) is 4.98 Å². The molecule has 100 valence electrons. The summed E-state index contributed by atoms with van der Waals surface area (Å²) in [4.78, 5) is 4.13. The Morgan fingerprint density at radius 2 is 1.89 bits per heavy atom. The van der Waals surface area contributed by atoms with E-state index >= 15 is 0 Å². The zero-order valence-electron chi connectivity index (χ0n) is 11.5. The average molecular weight is 257 g/mol. The van der Waals surface area contributed by atoms with E-state index in [1.54, 1.807) is 12.4 Å². The molecule has 0 radical (unpaired) electrons. The molecule has 0 aliphatic rings. The number of aliphatic hydroxyl groups is 1. The monoisotopic (exact) mass is 257 g/mol. The highest BCUT2D eigenvalue weighted by molar-refractivity contribution is 5.36. The van der Waals surface area contributed by atoms with Crippen LogP contribution in [0.2, 0.25) is 0 Å². The van der Waals surface area contributed by atoms with E-state index in [0.29, 0.717) is 5.75 Å². The lowest BCUT2D eigenvalue weighted by Gasteiger charge is -2.15. The van der Waals surface area contributed by atoms with Gasteiger partial charge in [0.2, 0.25) is 0 Å². The van der Waals surface area contributed by atoms with Gasteiger partial charge in [0.25, 0.3) is 0 Å². The molecule has 0 aliphatic carbocycles. The molecule has 1 aromatic carbocycles. The van der Waals surface area contributed by atoms with Crippen LogP contribution in [0.4, 0.5) is 0 Å². The Kier molecular flexibility index (Phi) is 4.17. The number of nitrogens with zero attached hydrogens (tertiary/aromatic N) is 1. The first-order chi connectivity index (χ1) is 9.08. The van der Waals surface area contributed by atoms with Gasteiger partial charge >= 0.3 is 0 Å². The molecule has 2 rings (SSSR count). The first-order valence-corrected chi connectivity index (χ1v) is 6.43. The molecule has 0 saturated carbocycles. The summed E-state index contributed by atoms with van der Waals surface area (Å²) in [5.41, 5.74) is 2.70. The fourth-order valence-corrected chi connectivity index (χ4v) is 1.99. The summed E-state index contributed by atoms with van der Waals surface area (Å²) < 4.78 is 5.60. The van der Waals surface area contributed by atoms with E-state index < -0.39 is 6.10 Å². The Balaban J connectivity index is 2.29. The number of rotatable bonds is 4. The second-order valence-corrected chi connectivity index (χ2v) is 4.88. The van der Waals surface area contributed by atoms with Crippen LogP contribution in [0.3, 0.4) is 0 Å². The Morgan fingerprint density at radius 3 is 2.58 bits per heavy atom. The van der Waals surface area contributed by atoms with Crippen LogP contribution in [0, 0.1) is 6.92 Å². The first-order valence-electron chi connectivity index (χ1n) is 6.43. The van der Waals surface area contributed by atoms with Gasteiger partial charge in [0.05, 0.1) is 12.3 Å². The number of hydrogen-bond acceptors (Lipinski definition) is 3. The maximum absolute atomic E-state index is 10.4. The van der Waals surface area contributed by atoms with Gasteiger partial charge in [-0.2, -0.15) is 0 Å². The third-order valence-electron chi connectivity index (χ3n) is 2.90. The van der Waals surface area contributed by atoms with E-state index in [9.17, 15) is 5.11 Å². The highest BCUT2D eigenvalue weighted by atomic mass is 16.5. The molecule has 0 spiro atoms. The van der Waals surface area contributed by atoms with Crippen LogP contribution < -0.4 is 4.74 Å². The number of aryl methyl sites for hydroxylation is 1. The Bertz CT molecular complexity index is 552. The molecule has 3 nitrogen and oxygen atoms in total. The van der Waals surface area contributed by atoms with Crippen LogP contribution >= 0.6 is 0 Å². The van der Waals surface area contributed by atoms with E-state index in [4.69, 9.17) is 4.74 Å². The van der Waals surface area contributed by atoms with Crippen LogP contribution in [0.1, 0.15) is 36.6 Å². The van der Waals surface area contributed by atoms with Crippen molar-refractivity contribution in [3.63, 3.8) is 0 Å². The first kappa shape index (κ1) is 13.6. The quantitative estimate of drug-likeness (QED) is 0.914. The van der Waals surface area contributed by atoms with Crippen LogP contribution in [-0.2, 0) is 0 Å². The normalized spacial score (nSPS) is 12.5. The van der Waals surface area contributed by atoms with E-state index in [-0.39, 0.29) is 6.10 Å². The number of aliphatic hydroxyl groups excluding tert-OH is 1. The molecule has 0 fully saturated rings. The summed E-state index contributed by atoms with van der Waals surface area (Å²) >= 11 is 0. The van der Waals surface area contributed by atoms with Crippen molar-refractivity contribution in [1.82, 2.24) is 4.98 Å². The van der Waals surface area contributed by atoms with Gasteiger partial charge in [-0.25, -0.2) is 0 Å². The van der Waals surface area contributed by atoms with Gasteiger partial charge in [-0.05, 0) is 38.0 Å². The van der Waals surface area contributed by atoms with Crippen LogP contribution in [0.25, 0.3) is 0 Å². The van der Waals surface area contributed by atoms with Gasteiger partial charge in [0.1, 0.15) is 11.9 Å². The Morgan fingerprint density at radius 1 is 1.16 bits per heavy atom. The van der Waals surface area contributed by atoms with Crippen molar-refractivity contribution in [2.24, 2.45) is 0 Å². The molecule has 1 atom stereocenters. The van der Waals surface area contributed by atoms with Crippen LogP contribution in [0.15, 0.2) is 42.7 Å². The molecule has 1 N–H and O–H groups in total. The van der Waals surface area contributed by atoms with Crippen molar-refractivity contribution in [2.45, 2.75) is 33.0 Å². The van der Waals surface area contributed by atoms with E-state index in [1.165, 1.54) is 0 Å². The second kappa shape index (κ2) is 5.85. The lowest BCUT2D eigenvalue weighted by atomic mass is 9.99. The Hall–Kier alpha value is -1.87. The highest BCUT2D eigenvalue weighted by Crippen LogP contribution is 2.26. The molecule has 19 heavy (non-hydrogen) atoms.